The molecule has 0 saturated carbocycles. The SMILES string of the molecule is CC/C=C\C/C=C\C/C=C\C/C=C\CCC(=O)OC(COC(=O)CCCCCCCCCC)COC(=O)CCCCCCCCCCCCCCCCCCCCCCCCC/C=C\CCCCCCCCCC. The maximum atomic E-state index is 12.7. The van der Waals surface area contributed by atoms with E-state index in [1.54, 1.807) is 0 Å². The Morgan fingerprint density at radius 3 is 0.878 bits per heavy atom. The molecule has 6 nitrogen and oxygen atoms in total. The average molecular weight is 1040 g/mol. The van der Waals surface area contributed by atoms with Crippen LogP contribution in [0.15, 0.2) is 60.8 Å². The van der Waals surface area contributed by atoms with E-state index in [4.69, 9.17) is 14.2 Å². The largest absolute Gasteiger partial charge is 0.462 e. The average Bonchev–Trinajstić information content (AvgIpc) is 3.40. The lowest BCUT2D eigenvalue weighted by atomic mass is 10.0. The third-order valence-corrected chi connectivity index (χ3v) is 14.3. The number of hydrogen-bond acceptors (Lipinski definition) is 6. The van der Waals surface area contributed by atoms with Crippen molar-refractivity contribution in [2.75, 3.05) is 13.2 Å². The Labute approximate surface area is 460 Å². The summed E-state index contributed by atoms with van der Waals surface area (Å²) in [4.78, 5) is 37.9. The Bertz CT molecular complexity index is 1330. The molecule has 0 spiro atoms. The van der Waals surface area contributed by atoms with E-state index in [9.17, 15) is 14.4 Å². The van der Waals surface area contributed by atoms with Crippen molar-refractivity contribution in [2.24, 2.45) is 0 Å². The van der Waals surface area contributed by atoms with Crippen molar-refractivity contribution in [1.82, 2.24) is 0 Å². The van der Waals surface area contributed by atoms with Crippen molar-refractivity contribution in [2.45, 2.75) is 341 Å². The van der Waals surface area contributed by atoms with Gasteiger partial charge in [-0.25, -0.2) is 0 Å². The summed E-state index contributed by atoms with van der Waals surface area (Å²) in [6, 6.07) is 0. The van der Waals surface area contributed by atoms with Gasteiger partial charge in [0.25, 0.3) is 0 Å². The number of allylic oxidation sites excluding steroid dienone is 10. The van der Waals surface area contributed by atoms with Crippen LogP contribution in [0.3, 0.4) is 0 Å². The quantitative estimate of drug-likeness (QED) is 0.0261. The van der Waals surface area contributed by atoms with Crippen molar-refractivity contribution in [3.05, 3.63) is 60.8 Å². The van der Waals surface area contributed by atoms with Crippen LogP contribution in [0.2, 0.25) is 0 Å². The number of carbonyl (C=O) groups is 3. The van der Waals surface area contributed by atoms with Crippen LogP contribution in [0.5, 0.6) is 0 Å². The van der Waals surface area contributed by atoms with Crippen LogP contribution < -0.4 is 0 Å². The van der Waals surface area contributed by atoms with Crippen LogP contribution in [-0.4, -0.2) is 37.2 Å². The lowest BCUT2D eigenvalue weighted by Crippen LogP contribution is -2.30. The normalized spacial score (nSPS) is 12.4. The summed E-state index contributed by atoms with van der Waals surface area (Å²) in [6.45, 7) is 6.46. The first-order valence-corrected chi connectivity index (χ1v) is 32.3. The van der Waals surface area contributed by atoms with Crippen LogP contribution in [0.1, 0.15) is 335 Å². The van der Waals surface area contributed by atoms with E-state index in [1.165, 1.54) is 225 Å². The molecule has 6 heteroatoms. The molecule has 0 aromatic heterocycles. The first-order valence-electron chi connectivity index (χ1n) is 32.3. The molecule has 0 heterocycles. The molecular formula is C68H122O6. The number of esters is 3. The summed E-state index contributed by atoms with van der Waals surface area (Å²) in [5.74, 6) is -0.974. The van der Waals surface area contributed by atoms with Gasteiger partial charge < -0.3 is 14.2 Å². The van der Waals surface area contributed by atoms with Gasteiger partial charge >= 0.3 is 17.9 Å². The third kappa shape index (κ3) is 60.0. The Balaban J connectivity index is 3.95. The van der Waals surface area contributed by atoms with Crippen LogP contribution in [0.4, 0.5) is 0 Å². The van der Waals surface area contributed by atoms with Gasteiger partial charge in [0.15, 0.2) is 6.10 Å². The van der Waals surface area contributed by atoms with E-state index in [1.807, 2.05) is 6.08 Å². The molecule has 1 unspecified atom stereocenters. The zero-order chi connectivity index (χ0) is 53.6. The summed E-state index contributed by atoms with van der Waals surface area (Å²) in [5.41, 5.74) is 0. The van der Waals surface area contributed by atoms with Crippen molar-refractivity contribution in [1.29, 1.82) is 0 Å². The standard InChI is InChI=1S/C68H122O6/c1-4-7-10-13-16-19-21-23-24-25-26-27-28-29-30-31-32-33-34-35-36-37-38-39-40-41-42-43-44-46-47-49-52-55-58-61-67(70)73-64-65(63-72-66(69)60-57-54-51-18-15-12-9-6-3)74-68(71)62-59-56-53-50-48-45-22-20-17-14-11-8-5-2/h8,11,17,20,25-26,45,48,53,56,65H,4-7,9-10,12-16,18-19,21-24,27-44,46-47,49-52,54-55,57-64H2,1-3H3/b11-8-,20-17-,26-25-,48-45-,56-53-. The van der Waals surface area contributed by atoms with Crippen molar-refractivity contribution in [3.63, 3.8) is 0 Å². The van der Waals surface area contributed by atoms with E-state index in [0.29, 0.717) is 19.3 Å². The minimum atomic E-state index is -0.807. The van der Waals surface area contributed by atoms with Gasteiger partial charge in [0.1, 0.15) is 13.2 Å². The summed E-state index contributed by atoms with van der Waals surface area (Å²) < 4.78 is 16.7. The highest BCUT2D eigenvalue weighted by Crippen LogP contribution is 2.17. The number of unbranched alkanes of at least 4 members (excludes halogenated alkanes) is 38. The van der Waals surface area contributed by atoms with E-state index in [-0.39, 0.29) is 37.5 Å². The zero-order valence-electron chi connectivity index (χ0n) is 49.4. The van der Waals surface area contributed by atoms with Gasteiger partial charge in [0.2, 0.25) is 0 Å². The fraction of sp³-hybridized carbons (Fsp3) is 0.809. The Morgan fingerprint density at radius 1 is 0.284 bits per heavy atom. The monoisotopic (exact) mass is 1030 g/mol. The van der Waals surface area contributed by atoms with Gasteiger partial charge in [0, 0.05) is 19.3 Å². The Morgan fingerprint density at radius 2 is 0.554 bits per heavy atom. The molecule has 430 valence electrons. The molecule has 0 radical (unpaired) electrons. The van der Waals surface area contributed by atoms with E-state index in [2.05, 4.69) is 75.5 Å². The molecule has 74 heavy (non-hydrogen) atoms. The van der Waals surface area contributed by atoms with Gasteiger partial charge in [-0.3, -0.25) is 14.4 Å². The van der Waals surface area contributed by atoms with Crippen molar-refractivity contribution < 1.29 is 28.6 Å². The third-order valence-electron chi connectivity index (χ3n) is 14.3. The number of hydrogen-bond donors (Lipinski definition) is 0. The second-order valence-corrected chi connectivity index (χ2v) is 21.6. The van der Waals surface area contributed by atoms with Crippen molar-refractivity contribution >= 4 is 17.9 Å². The molecule has 0 aliphatic heterocycles. The molecule has 0 rings (SSSR count). The molecule has 0 N–H and O–H groups in total. The number of ether oxygens (including phenoxy) is 3. The maximum Gasteiger partial charge on any atom is 0.306 e. The number of carbonyl (C=O) groups excluding carboxylic acids is 3. The fourth-order valence-electron chi connectivity index (χ4n) is 9.45. The molecule has 1 atom stereocenters. The highest BCUT2D eigenvalue weighted by atomic mass is 16.6. The number of rotatable bonds is 59. The lowest BCUT2D eigenvalue weighted by Gasteiger charge is -2.18. The molecule has 0 aromatic rings. The molecule has 0 saturated heterocycles. The summed E-state index contributed by atoms with van der Waals surface area (Å²) in [5, 5.41) is 0. The zero-order valence-corrected chi connectivity index (χ0v) is 49.4. The van der Waals surface area contributed by atoms with Gasteiger partial charge in [-0.15, -0.1) is 0 Å². The molecule has 0 amide bonds. The summed E-state index contributed by atoms with van der Waals surface area (Å²) >= 11 is 0. The Hall–Kier alpha value is -2.89. The predicted molar refractivity (Wildman–Crippen MR) is 321 cm³/mol. The summed E-state index contributed by atoms with van der Waals surface area (Å²) in [7, 11) is 0. The Kier molecular flexibility index (Phi) is 60.2. The van der Waals surface area contributed by atoms with Gasteiger partial charge in [-0.2, -0.15) is 0 Å². The first-order chi connectivity index (χ1) is 36.5. The highest BCUT2D eigenvalue weighted by Gasteiger charge is 2.19. The van der Waals surface area contributed by atoms with Gasteiger partial charge in [-0.1, -0.05) is 306 Å². The minimum Gasteiger partial charge on any atom is -0.462 e. The first kappa shape index (κ1) is 71.1. The second-order valence-electron chi connectivity index (χ2n) is 21.6. The molecule has 0 aliphatic carbocycles. The molecule has 0 bridgehead atoms. The van der Waals surface area contributed by atoms with Gasteiger partial charge in [-0.05, 0) is 70.6 Å². The van der Waals surface area contributed by atoms with Gasteiger partial charge in [0.05, 0.1) is 0 Å². The smallest absolute Gasteiger partial charge is 0.306 e. The van der Waals surface area contributed by atoms with E-state index in [0.717, 1.165) is 64.2 Å². The van der Waals surface area contributed by atoms with Crippen LogP contribution >= 0.6 is 0 Å². The molecule has 0 aromatic carbocycles. The van der Waals surface area contributed by atoms with E-state index < -0.39 is 6.10 Å². The summed E-state index contributed by atoms with van der Waals surface area (Å²) in [6.07, 6.45) is 80.2. The van der Waals surface area contributed by atoms with Crippen molar-refractivity contribution in [3.8, 4) is 0 Å². The predicted octanol–water partition coefficient (Wildman–Crippen LogP) is 21.9. The van der Waals surface area contributed by atoms with Crippen LogP contribution in [0, 0.1) is 0 Å². The highest BCUT2D eigenvalue weighted by molar-refractivity contribution is 5.71. The fourth-order valence-corrected chi connectivity index (χ4v) is 9.45. The van der Waals surface area contributed by atoms with Crippen LogP contribution in [-0.2, 0) is 28.6 Å². The topological polar surface area (TPSA) is 78.9 Å². The lowest BCUT2D eigenvalue weighted by molar-refractivity contribution is -0.166. The second kappa shape index (κ2) is 62.6. The van der Waals surface area contributed by atoms with E-state index >= 15 is 0 Å². The minimum absolute atomic E-state index is 0.0991. The van der Waals surface area contributed by atoms with Crippen LogP contribution in [0.25, 0.3) is 0 Å². The molecule has 0 fully saturated rings. The molecular weight excluding hydrogens is 913 g/mol. The molecule has 0 aliphatic rings. The maximum absolute atomic E-state index is 12.7.